The molecule has 0 unspecified atom stereocenters. The number of fused-ring (bicyclic) bond motifs is 2. The number of aryl methyl sites for hydroxylation is 2. The zero-order chi connectivity index (χ0) is 19.0. The summed E-state index contributed by atoms with van der Waals surface area (Å²) in [5.74, 6) is 1.45. The van der Waals surface area contributed by atoms with Crippen molar-refractivity contribution in [1.82, 2.24) is 14.3 Å². The standard InChI is InChI=1S/C20H21N3O3S/c1-4-22(11-15-5-7-17-18(9-15)26-12-25-17)19(24)8-6-16-14(3)21-20-23(16)10-13(2)27-20/h5-10H,4,11-12H2,1-3H3/b8-6+. The molecular weight excluding hydrogens is 362 g/mol. The summed E-state index contributed by atoms with van der Waals surface area (Å²) in [6.07, 6.45) is 5.53. The zero-order valence-corrected chi connectivity index (χ0v) is 16.4. The number of nitrogens with zero attached hydrogens (tertiary/aromatic N) is 3. The number of carbonyl (C=O) groups excluding carboxylic acids is 1. The van der Waals surface area contributed by atoms with E-state index in [0.717, 1.165) is 33.4 Å². The van der Waals surface area contributed by atoms with E-state index in [1.807, 2.05) is 48.7 Å². The lowest BCUT2D eigenvalue weighted by Crippen LogP contribution is -2.28. The summed E-state index contributed by atoms with van der Waals surface area (Å²) in [6.45, 7) is 7.38. The van der Waals surface area contributed by atoms with Gasteiger partial charge in [0.25, 0.3) is 0 Å². The normalized spacial score (nSPS) is 13.0. The minimum Gasteiger partial charge on any atom is -0.454 e. The number of rotatable bonds is 5. The molecule has 2 aromatic heterocycles. The molecule has 4 rings (SSSR count). The second-order valence-corrected chi connectivity index (χ2v) is 7.66. The summed E-state index contributed by atoms with van der Waals surface area (Å²) >= 11 is 1.64. The van der Waals surface area contributed by atoms with E-state index in [1.54, 1.807) is 22.3 Å². The van der Waals surface area contributed by atoms with Crippen LogP contribution in [0, 0.1) is 13.8 Å². The van der Waals surface area contributed by atoms with Gasteiger partial charge in [0.2, 0.25) is 12.7 Å². The number of thiazole rings is 1. The highest BCUT2D eigenvalue weighted by Gasteiger charge is 2.16. The van der Waals surface area contributed by atoms with Crippen molar-refractivity contribution in [3.05, 3.63) is 52.3 Å². The smallest absolute Gasteiger partial charge is 0.246 e. The van der Waals surface area contributed by atoms with Crippen molar-refractivity contribution >= 4 is 28.3 Å². The number of aromatic nitrogens is 2. The first-order valence-electron chi connectivity index (χ1n) is 8.85. The van der Waals surface area contributed by atoms with Crippen molar-refractivity contribution in [1.29, 1.82) is 0 Å². The van der Waals surface area contributed by atoms with Crippen LogP contribution in [0.2, 0.25) is 0 Å². The third-order valence-corrected chi connectivity index (χ3v) is 5.45. The fourth-order valence-electron chi connectivity index (χ4n) is 3.14. The van der Waals surface area contributed by atoms with Gasteiger partial charge in [-0.2, -0.15) is 0 Å². The molecule has 1 aromatic carbocycles. The van der Waals surface area contributed by atoms with Crippen molar-refractivity contribution < 1.29 is 14.3 Å². The molecular formula is C20H21N3O3S. The average Bonchev–Trinajstić information content (AvgIpc) is 3.31. The first kappa shape index (κ1) is 17.6. The van der Waals surface area contributed by atoms with Gasteiger partial charge in [0, 0.05) is 30.2 Å². The summed E-state index contributed by atoms with van der Waals surface area (Å²) in [4.78, 5) is 21.2. The Morgan fingerprint density at radius 3 is 2.96 bits per heavy atom. The van der Waals surface area contributed by atoms with Gasteiger partial charge < -0.3 is 14.4 Å². The molecule has 0 saturated carbocycles. The van der Waals surface area contributed by atoms with Gasteiger partial charge in [-0.3, -0.25) is 9.20 Å². The van der Waals surface area contributed by atoms with Crippen LogP contribution in [0.25, 0.3) is 11.0 Å². The maximum Gasteiger partial charge on any atom is 0.246 e. The lowest BCUT2D eigenvalue weighted by atomic mass is 10.2. The molecule has 0 atom stereocenters. The molecule has 1 aliphatic rings. The Bertz CT molecular complexity index is 1030. The Morgan fingerprint density at radius 2 is 2.15 bits per heavy atom. The van der Waals surface area contributed by atoms with E-state index in [2.05, 4.69) is 11.9 Å². The van der Waals surface area contributed by atoms with Crippen LogP contribution in [-0.2, 0) is 11.3 Å². The van der Waals surface area contributed by atoms with Gasteiger partial charge in [-0.1, -0.05) is 6.07 Å². The number of hydrogen-bond acceptors (Lipinski definition) is 5. The molecule has 0 saturated heterocycles. The van der Waals surface area contributed by atoms with Crippen LogP contribution < -0.4 is 9.47 Å². The SMILES string of the molecule is CCN(Cc1ccc2c(c1)OCO2)C(=O)/C=C/c1c(C)nc2sc(C)cn12. The molecule has 27 heavy (non-hydrogen) atoms. The number of amides is 1. The Kier molecular flexibility index (Phi) is 4.61. The molecule has 1 amide bonds. The van der Waals surface area contributed by atoms with Gasteiger partial charge in [-0.15, -0.1) is 11.3 Å². The summed E-state index contributed by atoms with van der Waals surface area (Å²) in [7, 11) is 0. The molecule has 6 nitrogen and oxygen atoms in total. The Hall–Kier alpha value is -2.80. The number of hydrogen-bond donors (Lipinski definition) is 0. The second-order valence-electron chi connectivity index (χ2n) is 6.45. The van der Waals surface area contributed by atoms with E-state index < -0.39 is 0 Å². The van der Waals surface area contributed by atoms with Crippen LogP contribution in [0.3, 0.4) is 0 Å². The topological polar surface area (TPSA) is 56.1 Å². The number of benzene rings is 1. The van der Waals surface area contributed by atoms with Crippen molar-refractivity contribution in [2.45, 2.75) is 27.3 Å². The molecule has 3 heterocycles. The fourth-order valence-corrected chi connectivity index (χ4v) is 4.02. The molecule has 0 N–H and O–H groups in total. The van der Waals surface area contributed by atoms with Crippen molar-refractivity contribution in [2.24, 2.45) is 0 Å². The highest BCUT2D eigenvalue weighted by atomic mass is 32.1. The predicted molar refractivity (Wildman–Crippen MR) is 105 cm³/mol. The van der Waals surface area contributed by atoms with Crippen molar-refractivity contribution in [3.8, 4) is 11.5 Å². The van der Waals surface area contributed by atoms with Gasteiger partial charge in [0.05, 0.1) is 11.4 Å². The number of likely N-dealkylation sites (N-methyl/N-ethyl adjacent to an activating group) is 1. The zero-order valence-electron chi connectivity index (χ0n) is 15.6. The Morgan fingerprint density at radius 1 is 1.33 bits per heavy atom. The maximum absolute atomic E-state index is 12.7. The van der Waals surface area contributed by atoms with E-state index in [0.29, 0.717) is 13.1 Å². The van der Waals surface area contributed by atoms with Gasteiger partial charge in [-0.25, -0.2) is 4.98 Å². The molecule has 3 aromatic rings. The summed E-state index contributed by atoms with van der Waals surface area (Å²) in [6, 6.07) is 5.78. The second kappa shape index (κ2) is 7.08. The predicted octanol–water partition coefficient (Wildman–Crippen LogP) is 3.80. The van der Waals surface area contributed by atoms with E-state index in [4.69, 9.17) is 9.47 Å². The van der Waals surface area contributed by atoms with Crippen LogP contribution in [0.4, 0.5) is 0 Å². The van der Waals surface area contributed by atoms with Gasteiger partial charge in [0.15, 0.2) is 16.5 Å². The monoisotopic (exact) mass is 383 g/mol. The van der Waals surface area contributed by atoms with E-state index in [-0.39, 0.29) is 12.7 Å². The van der Waals surface area contributed by atoms with E-state index >= 15 is 0 Å². The molecule has 0 bridgehead atoms. The Balaban J connectivity index is 1.51. The van der Waals surface area contributed by atoms with Crippen LogP contribution in [0.15, 0.2) is 30.5 Å². The Labute approximate surface area is 161 Å². The molecule has 0 fully saturated rings. The first-order chi connectivity index (χ1) is 13.0. The first-order valence-corrected chi connectivity index (χ1v) is 9.67. The molecule has 0 spiro atoms. The van der Waals surface area contributed by atoms with Crippen LogP contribution in [-0.4, -0.2) is 33.5 Å². The minimum atomic E-state index is -0.0310. The number of carbonyl (C=O) groups is 1. The number of ether oxygens (including phenoxy) is 2. The summed E-state index contributed by atoms with van der Waals surface area (Å²) in [5, 5.41) is 0. The van der Waals surface area contributed by atoms with Crippen molar-refractivity contribution in [2.75, 3.05) is 13.3 Å². The lowest BCUT2D eigenvalue weighted by molar-refractivity contribution is -0.126. The summed E-state index contributed by atoms with van der Waals surface area (Å²) < 4.78 is 12.8. The van der Waals surface area contributed by atoms with Crippen LogP contribution in [0.1, 0.15) is 28.8 Å². The fraction of sp³-hybridized carbons (Fsp3) is 0.300. The van der Waals surface area contributed by atoms with Gasteiger partial charge in [-0.05, 0) is 44.5 Å². The van der Waals surface area contributed by atoms with Gasteiger partial charge in [0.1, 0.15) is 0 Å². The lowest BCUT2D eigenvalue weighted by Gasteiger charge is -2.19. The largest absolute Gasteiger partial charge is 0.454 e. The average molecular weight is 383 g/mol. The van der Waals surface area contributed by atoms with E-state index in [9.17, 15) is 4.79 Å². The van der Waals surface area contributed by atoms with Crippen LogP contribution >= 0.6 is 11.3 Å². The maximum atomic E-state index is 12.7. The molecule has 0 aliphatic carbocycles. The molecule has 140 valence electrons. The number of imidazole rings is 1. The molecule has 0 radical (unpaired) electrons. The third kappa shape index (κ3) is 3.42. The minimum absolute atomic E-state index is 0.0310. The van der Waals surface area contributed by atoms with E-state index in [1.165, 1.54) is 4.88 Å². The highest BCUT2D eigenvalue weighted by molar-refractivity contribution is 7.17. The third-order valence-electron chi connectivity index (χ3n) is 4.55. The molecule has 1 aliphatic heterocycles. The highest BCUT2D eigenvalue weighted by Crippen LogP contribution is 2.32. The van der Waals surface area contributed by atoms with Crippen LogP contribution in [0.5, 0.6) is 11.5 Å². The summed E-state index contributed by atoms with van der Waals surface area (Å²) in [5.41, 5.74) is 2.88. The molecule has 7 heteroatoms. The quantitative estimate of drug-likeness (QED) is 0.629. The van der Waals surface area contributed by atoms with Crippen molar-refractivity contribution in [3.63, 3.8) is 0 Å². The van der Waals surface area contributed by atoms with Gasteiger partial charge >= 0.3 is 0 Å².